The molecule has 0 bridgehead atoms. The molecule has 3 nitrogen and oxygen atoms in total. The molecule has 0 aromatic carbocycles. The molecule has 3 heteroatoms. The van der Waals surface area contributed by atoms with Gasteiger partial charge in [0, 0.05) is 35.9 Å². The lowest BCUT2D eigenvalue weighted by Crippen LogP contribution is -1.88. The highest BCUT2D eigenvalue weighted by atomic mass is 16.5. The lowest BCUT2D eigenvalue weighted by atomic mass is 10.1. The van der Waals surface area contributed by atoms with E-state index in [2.05, 4.69) is 9.97 Å². The van der Waals surface area contributed by atoms with Gasteiger partial charge in [0.05, 0.1) is 7.11 Å². The van der Waals surface area contributed by atoms with Gasteiger partial charge in [-0.1, -0.05) is 6.07 Å². The first-order valence-corrected chi connectivity index (χ1v) is 4.30. The Morgan fingerprint density at radius 3 is 2.64 bits per heavy atom. The van der Waals surface area contributed by atoms with Crippen LogP contribution in [0.5, 0.6) is 5.75 Å². The van der Waals surface area contributed by atoms with Crippen LogP contribution in [0.2, 0.25) is 0 Å². The second-order valence-electron chi connectivity index (χ2n) is 2.82. The predicted molar refractivity (Wildman–Crippen MR) is 54.0 cm³/mol. The molecule has 0 aliphatic heterocycles. The van der Waals surface area contributed by atoms with Crippen LogP contribution in [0.4, 0.5) is 0 Å². The molecule has 0 saturated carbocycles. The molecular weight excluding hydrogens is 176 g/mol. The third kappa shape index (κ3) is 1.57. The largest absolute Gasteiger partial charge is 0.496 e. The van der Waals surface area contributed by atoms with Crippen LogP contribution < -0.4 is 4.74 Å². The van der Waals surface area contributed by atoms with Crippen molar-refractivity contribution in [1.82, 2.24) is 9.97 Å². The SMILES string of the molecule is COc1ccncc1-c1cccnc1. The van der Waals surface area contributed by atoms with Crippen molar-refractivity contribution in [3.63, 3.8) is 0 Å². The minimum absolute atomic E-state index is 0.813. The summed E-state index contributed by atoms with van der Waals surface area (Å²) in [6, 6.07) is 5.70. The molecule has 0 aliphatic rings. The lowest BCUT2D eigenvalue weighted by Gasteiger charge is -2.06. The van der Waals surface area contributed by atoms with Gasteiger partial charge in [0.25, 0.3) is 0 Å². The van der Waals surface area contributed by atoms with E-state index < -0.39 is 0 Å². The van der Waals surface area contributed by atoms with E-state index in [4.69, 9.17) is 4.74 Å². The number of nitrogens with zero attached hydrogens (tertiary/aromatic N) is 2. The molecule has 0 saturated heterocycles. The Morgan fingerprint density at radius 1 is 1.07 bits per heavy atom. The van der Waals surface area contributed by atoms with Crippen LogP contribution in [-0.2, 0) is 0 Å². The van der Waals surface area contributed by atoms with E-state index in [1.807, 2.05) is 18.2 Å². The number of pyridine rings is 2. The van der Waals surface area contributed by atoms with E-state index in [0.717, 1.165) is 16.9 Å². The van der Waals surface area contributed by atoms with E-state index in [9.17, 15) is 0 Å². The number of aromatic nitrogens is 2. The van der Waals surface area contributed by atoms with Gasteiger partial charge in [-0.05, 0) is 12.1 Å². The van der Waals surface area contributed by atoms with Crippen molar-refractivity contribution in [3.8, 4) is 16.9 Å². The van der Waals surface area contributed by atoms with E-state index in [-0.39, 0.29) is 0 Å². The van der Waals surface area contributed by atoms with Gasteiger partial charge in [-0.2, -0.15) is 0 Å². The molecular formula is C11H10N2O. The molecule has 2 rings (SSSR count). The van der Waals surface area contributed by atoms with Gasteiger partial charge in [-0.3, -0.25) is 9.97 Å². The van der Waals surface area contributed by atoms with Crippen molar-refractivity contribution in [2.45, 2.75) is 0 Å². The maximum Gasteiger partial charge on any atom is 0.129 e. The molecule has 0 amide bonds. The van der Waals surface area contributed by atoms with Gasteiger partial charge in [-0.15, -0.1) is 0 Å². The van der Waals surface area contributed by atoms with Gasteiger partial charge in [0.2, 0.25) is 0 Å². The number of rotatable bonds is 2. The Hall–Kier alpha value is -1.90. The van der Waals surface area contributed by atoms with Gasteiger partial charge in [-0.25, -0.2) is 0 Å². The summed E-state index contributed by atoms with van der Waals surface area (Å²) in [6.45, 7) is 0. The fourth-order valence-corrected chi connectivity index (χ4v) is 1.30. The summed E-state index contributed by atoms with van der Waals surface area (Å²) in [7, 11) is 1.65. The highest BCUT2D eigenvalue weighted by molar-refractivity contribution is 5.68. The zero-order chi connectivity index (χ0) is 9.80. The molecule has 70 valence electrons. The van der Waals surface area contributed by atoms with Crippen LogP contribution in [0.15, 0.2) is 43.0 Å². The average molecular weight is 186 g/mol. The summed E-state index contributed by atoms with van der Waals surface area (Å²) in [5.74, 6) is 0.813. The zero-order valence-electron chi connectivity index (χ0n) is 7.84. The molecule has 2 heterocycles. The summed E-state index contributed by atoms with van der Waals surface area (Å²) in [5.41, 5.74) is 1.97. The van der Waals surface area contributed by atoms with Crippen LogP contribution in [0, 0.1) is 0 Å². The van der Waals surface area contributed by atoms with Crippen molar-refractivity contribution >= 4 is 0 Å². The Morgan fingerprint density at radius 2 is 1.93 bits per heavy atom. The van der Waals surface area contributed by atoms with Crippen molar-refractivity contribution in [3.05, 3.63) is 43.0 Å². The van der Waals surface area contributed by atoms with Crippen LogP contribution in [0.1, 0.15) is 0 Å². The van der Waals surface area contributed by atoms with Crippen molar-refractivity contribution < 1.29 is 4.74 Å². The second kappa shape index (κ2) is 3.87. The fourth-order valence-electron chi connectivity index (χ4n) is 1.30. The van der Waals surface area contributed by atoms with Gasteiger partial charge < -0.3 is 4.74 Å². The highest BCUT2D eigenvalue weighted by Crippen LogP contribution is 2.27. The highest BCUT2D eigenvalue weighted by Gasteiger charge is 2.03. The molecule has 0 atom stereocenters. The third-order valence-electron chi connectivity index (χ3n) is 1.97. The van der Waals surface area contributed by atoms with Crippen LogP contribution >= 0.6 is 0 Å². The minimum atomic E-state index is 0.813. The first-order valence-electron chi connectivity index (χ1n) is 4.30. The minimum Gasteiger partial charge on any atom is -0.496 e. The van der Waals surface area contributed by atoms with Gasteiger partial charge >= 0.3 is 0 Å². The second-order valence-corrected chi connectivity index (χ2v) is 2.82. The number of ether oxygens (including phenoxy) is 1. The van der Waals surface area contributed by atoms with Crippen LogP contribution in [0.3, 0.4) is 0 Å². The monoisotopic (exact) mass is 186 g/mol. The van der Waals surface area contributed by atoms with Gasteiger partial charge in [0.1, 0.15) is 5.75 Å². The van der Waals surface area contributed by atoms with Gasteiger partial charge in [0.15, 0.2) is 0 Å². The Kier molecular flexibility index (Phi) is 2.40. The summed E-state index contributed by atoms with van der Waals surface area (Å²) < 4.78 is 5.23. The Balaban J connectivity index is 2.51. The first kappa shape index (κ1) is 8.69. The summed E-state index contributed by atoms with van der Waals surface area (Å²) in [6.07, 6.45) is 7.01. The first-order chi connectivity index (χ1) is 6.92. The van der Waals surface area contributed by atoms with E-state index in [1.54, 1.807) is 31.9 Å². The smallest absolute Gasteiger partial charge is 0.129 e. The Bertz CT molecular complexity index is 415. The lowest BCUT2D eigenvalue weighted by molar-refractivity contribution is 0.416. The topological polar surface area (TPSA) is 35.0 Å². The van der Waals surface area contributed by atoms with Crippen molar-refractivity contribution in [2.24, 2.45) is 0 Å². The maximum absolute atomic E-state index is 5.23. The maximum atomic E-state index is 5.23. The molecule has 0 aliphatic carbocycles. The summed E-state index contributed by atoms with van der Waals surface area (Å²) >= 11 is 0. The number of hydrogen-bond donors (Lipinski definition) is 0. The summed E-state index contributed by atoms with van der Waals surface area (Å²) in [5, 5.41) is 0. The van der Waals surface area contributed by atoms with E-state index in [1.165, 1.54) is 0 Å². The molecule has 2 aromatic heterocycles. The normalized spacial score (nSPS) is 9.79. The van der Waals surface area contributed by atoms with E-state index >= 15 is 0 Å². The molecule has 0 fully saturated rings. The predicted octanol–water partition coefficient (Wildman–Crippen LogP) is 2.15. The molecule has 0 radical (unpaired) electrons. The van der Waals surface area contributed by atoms with Crippen LogP contribution in [0.25, 0.3) is 11.1 Å². The molecule has 0 unspecified atom stereocenters. The van der Waals surface area contributed by atoms with E-state index in [0.29, 0.717) is 0 Å². The quantitative estimate of drug-likeness (QED) is 0.720. The average Bonchev–Trinajstić information content (AvgIpc) is 2.30. The molecule has 0 spiro atoms. The zero-order valence-corrected chi connectivity index (χ0v) is 7.84. The molecule has 0 N–H and O–H groups in total. The summed E-state index contributed by atoms with van der Waals surface area (Å²) in [4.78, 5) is 8.12. The standard InChI is InChI=1S/C11H10N2O/c1-14-11-4-6-13-8-10(11)9-3-2-5-12-7-9/h2-8H,1H3. The number of methoxy groups -OCH3 is 1. The number of hydrogen-bond acceptors (Lipinski definition) is 3. The van der Waals surface area contributed by atoms with Crippen LogP contribution in [-0.4, -0.2) is 17.1 Å². The van der Waals surface area contributed by atoms with Crippen molar-refractivity contribution in [2.75, 3.05) is 7.11 Å². The third-order valence-corrected chi connectivity index (χ3v) is 1.97. The fraction of sp³-hybridized carbons (Fsp3) is 0.0909. The van der Waals surface area contributed by atoms with Crippen molar-refractivity contribution in [1.29, 1.82) is 0 Å². The Labute approximate surface area is 82.4 Å². The molecule has 14 heavy (non-hydrogen) atoms. The molecule has 2 aromatic rings.